The van der Waals surface area contributed by atoms with Gasteiger partial charge in [0.25, 0.3) is 5.69 Å². The van der Waals surface area contributed by atoms with Crippen molar-refractivity contribution in [1.82, 2.24) is 4.90 Å². The summed E-state index contributed by atoms with van der Waals surface area (Å²) in [7, 11) is 1.46. The van der Waals surface area contributed by atoms with Crippen LogP contribution in [0, 0.1) is 10.1 Å². The standard InChI is InChI=1S/C29H30ClN5O4S2/c1-4-7-17(2)34-25(36)15-31-27(19-8-5-6-9-21(19)30)26-20-12-13-33(16-24(20)41-28(26)34)29(40)32-22-11-10-18(39-3)14-23(22)35(37)38/h5-6,8-11,14,17H,4,7,12-13,15-16H2,1-3H3,(H,32,40). The zero-order valence-electron chi connectivity index (χ0n) is 23.0. The molecule has 2 aromatic carbocycles. The van der Waals surface area contributed by atoms with Crippen LogP contribution in [0.1, 0.15) is 48.3 Å². The third-order valence-electron chi connectivity index (χ3n) is 7.34. The minimum Gasteiger partial charge on any atom is -0.496 e. The largest absolute Gasteiger partial charge is 0.496 e. The first-order valence-corrected chi connectivity index (χ1v) is 15.0. The molecule has 9 nitrogen and oxygen atoms in total. The Labute approximate surface area is 252 Å². The summed E-state index contributed by atoms with van der Waals surface area (Å²) in [6, 6.07) is 12.2. The number of benzene rings is 2. The number of nitrogens with zero attached hydrogens (tertiary/aromatic N) is 4. The number of thiocarbonyl (C=S) groups is 1. The Bertz CT molecular complexity index is 1560. The first kappa shape index (κ1) is 29.0. The fourth-order valence-electron chi connectivity index (χ4n) is 5.35. The summed E-state index contributed by atoms with van der Waals surface area (Å²) in [5.74, 6) is 0.358. The molecule has 0 aliphatic carbocycles. The number of halogens is 1. The first-order valence-electron chi connectivity index (χ1n) is 13.4. The number of anilines is 2. The monoisotopic (exact) mass is 611 g/mol. The molecule has 12 heteroatoms. The highest BCUT2D eigenvalue weighted by Gasteiger charge is 2.36. The van der Waals surface area contributed by atoms with Crippen LogP contribution in [0.5, 0.6) is 5.75 Å². The molecule has 1 atom stereocenters. The number of carbonyl (C=O) groups excluding carboxylic acids is 1. The number of ether oxygens (including phenoxy) is 1. The molecule has 0 fully saturated rings. The molecule has 3 heterocycles. The molecule has 214 valence electrons. The molecule has 2 aliphatic heterocycles. The quantitative estimate of drug-likeness (QED) is 0.186. The van der Waals surface area contributed by atoms with Gasteiger partial charge >= 0.3 is 0 Å². The van der Waals surface area contributed by atoms with Crippen LogP contribution < -0.4 is 15.0 Å². The highest BCUT2D eigenvalue weighted by Crippen LogP contribution is 2.44. The third kappa shape index (κ3) is 5.66. The molecular formula is C29H30ClN5O4S2. The average Bonchev–Trinajstić information content (AvgIpc) is 3.25. The summed E-state index contributed by atoms with van der Waals surface area (Å²) in [5.41, 5.74) is 3.84. The van der Waals surface area contributed by atoms with Gasteiger partial charge in [-0.25, -0.2) is 0 Å². The Morgan fingerprint density at radius 1 is 1.32 bits per heavy atom. The van der Waals surface area contributed by atoms with Crippen LogP contribution in [0.4, 0.5) is 16.4 Å². The van der Waals surface area contributed by atoms with Crippen molar-refractivity contribution >= 4 is 68.3 Å². The predicted octanol–water partition coefficient (Wildman–Crippen LogP) is 6.45. The summed E-state index contributed by atoms with van der Waals surface area (Å²) < 4.78 is 5.15. The van der Waals surface area contributed by atoms with Gasteiger partial charge < -0.3 is 15.0 Å². The maximum absolute atomic E-state index is 13.5. The molecular weight excluding hydrogens is 582 g/mol. The van der Waals surface area contributed by atoms with Crippen LogP contribution in [0.3, 0.4) is 0 Å². The van der Waals surface area contributed by atoms with E-state index in [1.165, 1.54) is 13.2 Å². The van der Waals surface area contributed by atoms with E-state index in [0.29, 0.717) is 41.1 Å². The number of hydrogen-bond donors (Lipinski definition) is 1. The van der Waals surface area contributed by atoms with E-state index < -0.39 is 4.92 Å². The number of hydrogen-bond acceptors (Lipinski definition) is 7. The molecule has 0 saturated carbocycles. The van der Waals surface area contributed by atoms with Crippen molar-refractivity contribution in [1.29, 1.82) is 0 Å². The number of amides is 1. The summed E-state index contributed by atoms with van der Waals surface area (Å²) >= 11 is 13.9. The molecule has 1 unspecified atom stereocenters. The molecule has 5 rings (SSSR count). The van der Waals surface area contributed by atoms with Crippen LogP contribution >= 0.6 is 35.2 Å². The maximum Gasteiger partial charge on any atom is 0.296 e. The Balaban J connectivity index is 1.51. The molecule has 1 N–H and O–H groups in total. The molecule has 0 saturated heterocycles. The van der Waals surface area contributed by atoms with Crippen LogP contribution in [0.25, 0.3) is 0 Å². The molecule has 1 aromatic heterocycles. The van der Waals surface area contributed by atoms with Crippen molar-refractivity contribution < 1.29 is 14.5 Å². The van der Waals surface area contributed by atoms with Crippen LogP contribution in [0.15, 0.2) is 47.5 Å². The van der Waals surface area contributed by atoms with E-state index in [4.69, 9.17) is 33.5 Å². The molecule has 0 radical (unpaired) electrons. The van der Waals surface area contributed by atoms with E-state index in [1.54, 1.807) is 23.5 Å². The Morgan fingerprint density at radius 3 is 2.80 bits per heavy atom. The van der Waals surface area contributed by atoms with Gasteiger partial charge in [-0.2, -0.15) is 0 Å². The van der Waals surface area contributed by atoms with Crippen molar-refractivity contribution in [3.8, 4) is 5.75 Å². The van der Waals surface area contributed by atoms with Crippen molar-refractivity contribution in [2.24, 2.45) is 4.99 Å². The second kappa shape index (κ2) is 12.1. The van der Waals surface area contributed by atoms with Crippen molar-refractivity contribution in [2.45, 2.75) is 45.7 Å². The van der Waals surface area contributed by atoms with Gasteiger partial charge in [0.2, 0.25) is 5.91 Å². The number of fused-ring (bicyclic) bond motifs is 3. The first-order chi connectivity index (χ1) is 19.7. The third-order valence-corrected chi connectivity index (χ3v) is 9.25. The molecule has 3 aromatic rings. The van der Waals surface area contributed by atoms with E-state index in [9.17, 15) is 14.9 Å². The Morgan fingerprint density at radius 2 is 2.10 bits per heavy atom. The lowest BCUT2D eigenvalue weighted by Gasteiger charge is -2.30. The zero-order valence-corrected chi connectivity index (χ0v) is 25.4. The number of nitro benzene ring substituents is 1. The summed E-state index contributed by atoms with van der Waals surface area (Å²) in [5, 5.41) is 16.6. The van der Waals surface area contributed by atoms with Gasteiger partial charge in [0.1, 0.15) is 23.0 Å². The second-order valence-corrected chi connectivity index (χ2v) is 11.8. The number of carbonyl (C=O) groups is 1. The smallest absolute Gasteiger partial charge is 0.296 e. The highest BCUT2D eigenvalue weighted by atomic mass is 35.5. The Hall–Kier alpha value is -3.54. The van der Waals surface area contributed by atoms with E-state index in [-0.39, 0.29) is 24.2 Å². The normalized spacial score (nSPS) is 15.4. The van der Waals surface area contributed by atoms with Gasteiger partial charge in [0.05, 0.1) is 30.4 Å². The number of thiophene rings is 1. The van der Waals surface area contributed by atoms with Crippen LogP contribution in [-0.2, 0) is 17.8 Å². The van der Waals surface area contributed by atoms with E-state index in [1.807, 2.05) is 34.1 Å². The summed E-state index contributed by atoms with van der Waals surface area (Å²) in [6.07, 6.45) is 2.49. The van der Waals surface area contributed by atoms with E-state index >= 15 is 0 Å². The van der Waals surface area contributed by atoms with Gasteiger partial charge in [-0.15, -0.1) is 11.3 Å². The molecule has 0 spiro atoms. The van der Waals surface area contributed by atoms with Gasteiger partial charge in [-0.3, -0.25) is 24.8 Å². The number of rotatable bonds is 7. The van der Waals surface area contributed by atoms with Crippen molar-refractivity contribution in [3.05, 3.63) is 79.2 Å². The minimum absolute atomic E-state index is 0.0154. The van der Waals surface area contributed by atoms with Gasteiger partial charge in [0, 0.05) is 33.6 Å². The lowest BCUT2D eigenvalue weighted by atomic mass is 9.95. The van der Waals surface area contributed by atoms with Gasteiger partial charge in [-0.1, -0.05) is 43.1 Å². The number of aliphatic imine (C=N–C) groups is 1. The van der Waals surface area contributed by atoms with Crippen LogP contribution in [-0.4, -0.2) is 52.8 Å². The lowest BCUT2D eigenvalue weighted by molar-refractivity contribution is -0.384. The number of nitro groups is 1. The molecule has 41 heavy (non-hydrogen) atoms. The zero-order chi connectivity index (χ0) is 29.3. The minimum atomic E-state index is -0.462. The lowest BCUT2D eigenvalue weighted by Crippen LogP contribution is -2.39. The maximum atomic E-state index is 13.5. The Kier molecular flexibility index (Phi) is 8.58. The summed E-state index contributed by atoms with van der Waals surface area (Å²) in [4.78, 5) is 34.5. The number of methoxy groups -OCH3 is 1. The second-order valence-electron chi connectivity index (χ2n) is 9.97. The predicted molar refractivity (Wildman–Crippen MR) is 168 cm³/mol. The van der Waals surface area contributed by atoms with Gasteiger partial charge in [0.15, 0.2) is 5.11 Å². The topological polar surface area (TPSA) is 100 Å². The van der Waals surface area contributed by atoms with Crippen LogP contribution in [0.2, 0.25) is 5.02 Å². The van der Waals surface area contributed by atoms with E-state index in [0.717, 1.165) is 45.1 Å². The average molecular weight is 612 g/mol. The SMILES string of the molecule is CCCC(C)N1C(=O)CN=C(c2ccccc2Cl)c2c1sc1c2CCN(C(=S)Nc2ccc(OC)cc2[N+](=O)[O-])C1. The number of nitrogens with one attached hydrogen (secondary N) is 1. The van der Waals surface area contributed by atoms with E-state index in [2.05, 4.69) is 19.2 Å². The van der Waals surface area contributed by atoms with Gasteiger partial charge in [-0.05, 0) is 55.7 Å². The highest BCUT2D eigenvalue weighted by molar-refractivity contribution is 7.80. The fraction of sp³-hybridized carbons (Fsp3) is 0.345. The molecule has 0 bridgehead atoms. The summed E-state index contributed by atoms with van der Waals surface area (Å²) in [6.45, 7) is 5.36. The molecule has 1 amide bonds. The van der Waals surface area contributed by atoms with Crippen molar-refractivity contribution in [3.63, 3.8) is 0 Å². The molecule has 2 aliphatic rings. The fourth-order valence-corrected chi connectivity index (χ4v) is 7.32. The van der Waals surface area contributed by atoms with Crippen molar-refractivity contribution in [2.75, 3.05) is 30.4 Å².